The number of thioether (sulfide) groups is 1. The molecule has 1 heterocycles. The number of aryl methyl sites for hydroxylation is 2. The van der Waals surface area contributed by atoms with Gasteiger partial charge in [0.1, 0.15) is 11.1 Å². The summed E-state index contributed by atoms with van der Waals surface area (Å²) >= 11 is 1.31. The average molecular weight is 438 g/mol. The second-order valence-electron chi connectivity index (χ2n) is 7.51. The summed E-state index contributed by atoms with van der Waals surface area (Å²) in [5.41, 5.74) is 3.43. The first-order chi connectivity index (χ1) is 15.1. The lowest BCUT2D eigenvalue weighted by Crippen LogP contribution is -2.26. The Hall–Kier alpha value is -2.85. The van der Waals surface area contributed by atoms with Crippen LogP contribution in [-0.2, 0) is 22.4 Å². The number of amides is 1. The molecule has 162 valence electrons. The van der Waals surface area contributed by atoms with Gasteiger partial charge >= 0.3 is 5.97 Å². The highest BCUT2D eigenvalue weighted by atomic mass is 32.2. The van der Waals surface area contributed by atoms with Crippen LogP contribution in [0.15, 0.2) is 35.4 Å². The molecule has 1 aliphatic carbocycles. The molecule has 7 heteroatoms. The molecule has 0 aliphatic heterocycles. The van der Waals surface area contributed by atoms with Crippen molar-refractivity contribution in [3.8, 4) is 6.07 Å². The van der Waals surface area contributed by atoms with E-state index in [2.05, 4.69) is 11.4 Å². The van der Waals surface area contributed by atoms with E-state index in [1.807, 2.05) is 13.0 Å². The van der Waals surface area contributed by atoms with Crippen molar-refractivity contribution in [2.75, 3.05) is 12.4 Å². The highest BCUT2D eigenvalue weighted by Crippen LogP contribution is 2.31. The van der Waals surface area contributed by atoms with Crippen molar-refractivity contribution in [2.45, 2.75) is 62.1 Å². The van der Waals surface area contributed by atoms with Gasteiger partial charge in [0.25, 0.3) is 0 Å². The molecule has 0 saturated carbocycles. The molecule has 1 aromatic carbocycles. The van der Waals surface area contributed by atoms with Gasteiger partial charge in [-0.15, -0.1) is 0 Å². The predicted molar refractivity (Wildman–Crippen MR) is 121 cm³/mol. The number of aromatic nitrogens is 1. The third kappa shape index (κ3) is 5.65. The summed E-state index contributed by atoms with van der Waals surface area (Å²) in [6, 6.07) is 11.0. The van der Waals surface area contributed by atoms with Crippen LogP contribution < -0.4 is 5.32 Å². The van der Waals surface area contributed by atoms with Crippen LogP contribution in [0.4, 0.5) is 5.69 Å². The highest BCUT2D eigenvalue weighted by Gasteiger charge is 2.24. The van der Waals surface area contributed by atoms with Gasteiger partial charge in [-0.3, -0.25) is 4.79 Å². The van der Waals surface area contributed by atoms with E-state index in [1.165, 1.54) is 31.7 Å². The summed E-state index contributed by atoms with van der Waals surface area (Å²) in [6.45, 7) is 1.92. The molecule has 0 saturated heterocycles. The van der Waals surface area contributed by atoms with Gasteiger partial charge in [-0.25, -0.2) is 9.78 Å². The monoisotopic (exact) mass is 437 g/mol. The molecule has 1 aliphatic rings. The number of hydrogen-bond donors (Lipinski definition) is 1. The topological polar surface area (TPSA) is 92.1 Å². The number of pyridine rings is 1. The van der Waals surface area contributed by atoms with Crippen LogP contribution in [0.3, 0.4) is 0 Å². The Morgan fingerprint density at radius 3 is 2.68 bits per heavy atom. The molecule has 1 amide bonds. The number of nitrogens with one attached hydrogen (secondary N) is 1. The number of esters is 1. The maximum absolute atomic E-state index is 13.0. The Bertz CT molecular complexity index is 1000. The predicted octanol–water partition coefficient (Wildman–Crippen LogP) is 4.91. The molecular formula is C24H27N3O3S. The maximum Gasteiger partial charge on any atom is 0.339 e. The molecule has 0 fully saturated rings. The number of carbonyl (C=O) groups is 2. The lowest BCUT2D eigenvalue weighted by Gasteiger charge is -2.18. The van der Waals surface area contributed by atoms with E-state index in [1.54, 1.807) is 24.3 Å². The fourth-order valence-corrected chi connectivity index (χ4v) is 4.69. The normalized spacial score (nSPS) is 14.4. The van der Waals surface area contributed by atoms with Crippen molar-refractivity contribution in [1.29, 1.82) is 5.26 Å². The summed E-state index contributed by atoms with van der Waals surface area (Å²) in [6.07, 6.45) is 7.03. The first-order valence-corrected chi connectivity index (χ1v) is 11.5. The number of carbonyl (C=O) groups excluding carboxylic acids is 2. The summed E-state index contributed by atoms with van der Waals surface area (Å²) < 4.78 is 4.80. The zero-order valence-corrected chi connectivity index (χ0v) is 18.8. The Morgan fingerprint density at radius 2 is 1.97 bits per heavy atom. The number of anilines is 1. The molecule has 6 nitrogen and oxygen atoms in total. The van der Waals surface area contributed by atoms with Gasteiger partial charge in [0.2, 0.25) is 5.91 Å². The number of nitriles is 1. The SMILES string of the molecule is CCC(Sc1nc2c(cc1C#N)CCCCCC2)C(=O)Nc1ccccc1C(=O)OC. The minimum Gasteiger partial charge on any atom is -0.465 e. The Labute approximate surface area is 187 Å². The van der Waals surface area contributed by atoms with Crippen LogP contribution in [0, 0.1) is 11.3 Å². The molecular weight excluding hydrogens is 410 g/mol. The zero-order chi connectivity index (χ0) is 22.2. The molecule has 0 spiro atoms. The van der Waals surface area contributed by atoms with Crippen LogP contribution in [0.2, 0.25) is 0 Å². The van der Waals surface area contributed by atoms with Gasteiger partial charge in [0.05, 0.1) is 29.2 Å². The number of para-hydroxylation sites is 1. The number of hydrogen-bond acceptors (Lipinski definition) is 6. The van der Waals surface area contributed by atoms with Crippen LogP contribution in [0.1, 0.15) is 66.2 Å². The first kappa shape index (κ1) is 22.8. The van der Waals surface area contributed by atoms with E-state index in [-0.39, 0.29) is 5.91 Å². The molecule has 2 aromatic rings. The molecule has 0 radical (unpaired) electrons. The fourth-order valence-electron chi connectivity index (χ4n) is 3.69. The minimum atomic E-state index is -0.508. The maximum atomic E-state index is 13.0. The quantitative estimate of drug-likeness (QED) is 0.510. The van der Waals surface area contributed by atoms with E-state index in [4.69, 9.17) is 9.72 Å². The number of methoxy groups -OCH3 is 1. The van der Waals surface area contributed by atoms with Crippen LogP contribution in [0.25, 0.3) is 0 Å². The second kappa shape index (κ2) is 11.0. The summed E-state index contributed by atoms with van der Waals surface area (Å²) in [5.74, 6) is -0.743. The van der Waals surface area contributed by atoms with Crippen molar-refractivity contribution in [1.82, 2.24) is 4.98 Å². The van der Waals surface area contributed by atoms with Crippen molar-refractivity contribution in [3.05, 3.63) is 52.7 Å². The lowest BCUT2D eigenvalue weighted by atomic mass is 9.96. The lowest BCUT2D eigenvalue weighted by molar-refractivity contribution is -0.115. The van der Waals surface area contributed by atoms with E-state index in [0.717, 1.165) is 36.9 Å². The van der Waals surface area contributed by atoms with Crippen LogP contribution >= 0.6 is 11.8 Å². The Balaban J connectivity index is 1.82. The third-order valence-electron chi connectivity index (χ3n) is 5.39. The van der Waals surface area contributed by atoms with Crippen molar-refractivity contribution in [2.24, 2.45) is 0 Å². The summed E-state index contributed by atoms with van der Waals surface area (Å²) in [4.78, 5) is 29.8. The van der Waals surface area contributed by atoms with E-state index in [0.29, 0.717) is 28.3 Å². The average Bonchev–Trinajstić information content (AvgIpc) is 2.77. The van der Waals surface area contributed by atoms with E-state index < -0.39 is 11.2 Å². The van der Waals surface area contributed by atoms with Gasteiger partial charge in [-0.05, 0) is 55.9 Å². The van der Waals surface area contributed by atoms with Gasteiger partial charge in [0, 0.05) is 5.69 Å². The number of nitrogens with zero attached hydrogens (tertiary/aromatic N) is 2. The van der Waals surface area contributed by atoms with Crippen LogP contribution in [0.5, 0.6) is 0 Å². The number of rotatable bonds is 6. The van der Waals surface area contributed by atoms with Crippen LogP contribution in [-0.4, -0.2) is 29.2 Å². The fraction of sp³-hybridized carbons (Fsp3) is 0.417. The third-order valence-corrected chi connectivity index (χ3v) is 6.76. The number of fused-ring (bicyclic) bond motifs is 1. The van der Waals surface area contributed by atoms with E-state index in [9.17, 15) is 14.9 Å². The summed E-state index contributed by atoms with van der Waals surface area (Å²) in [5, 5.41) is 12.7. The van der Waals surface area contributed by atoms with Gasteiger partial charge < -0.3 is 10.1 Å². The number of benzene rings is 1. The molecule has 1 N–H and O–H groups in total. The first-order valence-electron chi connectivity index (χ1n) is 10.6. The van der Waals surface area contributed by atoms with Crippen molar-refractivity contribution < 1.29 is 14.3 Å². The smallest absolute Gasteiger partial charge is 0.339 e. The largest absolute Gasteiger partial charge is 0.465 e. The molecule has 1 unspecified atom stereocenters. The Kier molecular flexibility index (Phi) is 8.07. The summed E-state index contributed by atoms with van der Waals surface area (Å²) in [7, 11) is 1.31. The second-order valence-corrected chi connectivity index (χ2v) is 8.71. The zero-order valence-electron chi connectivity index (χ0n) is 17.9. The molecule has 3 rings (SSSR count). The molecule has 1 atom stereocenters. The van der Waals surface area contributed by atoms with Crippen molar-refractivity contribution in [3.63, 3.8) is 0 Å². The number of ether oxygens (including phenoxy) is 1. The van der Waals surface area contributed by atoms with E-state index >= 15 is 0 Å². The van der Waals surface area contributed by atoms with Gasteiger partial charge in [0.15, 0.2) is 0 Å². The minimum absolute atomic E-state index is 0.235. The van der Waals surface area contributed by atoms with Gasteiger partial charge in [-0.1, -0.05) is 43.7 Å². The van der Waals surface area contributed by atoms with Crippen molar-refractivity contribution >= 4 is 29.3 Å². The van der Waals surface area contributed by atoms with Gasteiger partial charge in [-0.2, -0.15) is 5.26 Å². The Morgan fingerprint density at radius 1 is 1.23 bits per heavy atom. The highest BCUT2D eigenvalue weighted by molar-refractivity contribution is 8.00. The molecule has 0 bridgehead atoms. The molecule has 31 heavy (non-hydrogen) atoms. The molecule has 1 aromatic heterocycles. The standard InChI is InChI=1S/C24H27N3O3S/c1-3-21(22(28)26-20-13-9-8-11-18(20)24(29)30-2)31-23-17(15-25)14-16-10-6-4-5-7-12-19(16)27-23/h8-9,11,13-14,21H,3-7,10,12H2,1-2H3,(H,26,28).